The summed E-state index contributed by atoms with van der Waals surface area (Å²) in [5.41, 5.74) is 4.17. The molecule has 0 aliphatic heterocycles. The minimum Gasteiger partial charge on any atom is -0.360 e. The summed E-state index contributed by atoms with van der Waals surface area (Å²) in [6.45, 7) is 5.86. The number of nitrogens with one attached hydrogen (secondary N) is 2. The van der Waals surface area contributed by atoms with Crippen LogP contribution in [0.1, 0.15) is 29.8 Å². The first-order valence-corrected chi connectivity index (χ1v) is 10.8. The molecule has 2 aromatic carbocycles. The molecule has 0 aliphatic carbocycles. The van der Waals surface area contributed by atoms with Gasteiger partial charge >= 0.3 is 0 Å². The highest BCUT2D eigenvalue weighted by molar-refractivity contribution is 6.35. The zero-order chi connectivity index (χ0) is 23.3. The van der Waals surface area contributed by atoms with Gasteiger partial charge in [-0.3, -0.25) is 9.36 Å². The molecular formula is C24H20ClFN6O. The van der Waals surface area contributed by atoms with Crippen LogP contribution >= 0.6 is 11.6 Å². The van der Waals surface area contributed by atoms with Crippen LogP contribution in [-0.4, -0.2) is 24.5 Å². The molecule has 0 fully saturated rings. The fourth-order valence-corrected chi connectivity index (χ4v) is 4.31. The summed E-state index contributed by atoms with van der Waals surface area (Å²) < 4.78 is 15.9. The molecule has 0 radical (unpaired) electrons. The van der Waals surface area contributed by atoms with E-state index in [1.54, 1.807) is 17.0 Å². The van der Waals surface area contributed by atoms with Crippen molar-refractivity contribution in [3.05, 3.63) is 87.1 Å². The third-order valence-corrected chi connectivity index (χ3v) is 6.31. The molecule has 0 saturated heterocycles. The number of aromatic amines is 1. The lowest BCUT2D eigenvalue weighted by Gasteiger charge is -2.23. The van der Waals surface area contributed by atoms with Gasteiger partial charge in [-0.2, -0.15) is 0 Å². The highest BCUT2D eigenvalue weighted by atomic mass is 35.5. The van der Waals surface area contributed by atoms with Crippen LogP contribution in [0.3, 0.4) is 0 Å². The van der Waals surface area contributed by atoms with E-state index in [9.17, 15) is 9.18 Å². The van der Waals surface area contributed by atoms with Crippen molar-refractivity contribution in [3.63, 3.8) is 0 Å². The fourth-order valence-electron chi connectivity index (χ4n) is 4.05. The Morgan fingerprint density at radius 1 is 1.15 bits per heavy atom. The Kier molecular flexibility index (Phi) is 5.09. The minimum absolute atomic E-state index is 0.145. The van der Waals surface area contributed by atoms with Gasteiger partial charge in [0.2, 0.25) is 0 Å². The Hall–Kier alpha value is -3.78. The number of H-pyrrole nitrogens is 1. The minimum atomic E-state index is -0.629. The smallest absolute Gasteiger partial charge is 0.264 e. The first kappa shape index (κ1) is 21.1. The molecule has 3 aromatic heterocycles. The molecule has 7 nitrogen and oxygen atoms in total. The van der Waals surface area contributed by atoms with E-state index in [0.29, 0.717) is 33.7 Å². The molecule has 1 unspecified atom stereocenters. The predicted molar refractivity (Wildman–Crippen MR) is 128 cm³/mol. The van der Waals surface area contributed by atoms with E-state index >= 15 is 0 Å². The molecule has 9 heteroatoms. The van der Waals surface area contributed by atoms with Crippen LogP contribution in [0.4, 0.5) is 10.2 Å². The Morgan fingerprint density at radius 3 is 2.79 bits per heavy atom. The SMILES string of the molecule is Cc1cccc(-n2c(C(C)Nc3ncnc4nc[nH]c34)cc3ccc(F)c(Cl)c3c2=O)c1C. The van der Waals surface area contributed by atoms with E-state index in [0.717, 1.165) is 11.1 Å². The van der Waals surface area contributed by atoms with Crippen molar-refractivity contribution >= 4 is 39.4 Å². The van der Waals surface area contributed by atoms with E-state index in [1.807, 2.05) is 45.0 Å². The van der Waals surface area contributed by atoms with Crippen molar-refractivity contribution in [2.45, 2.75) is 26.8 Å². The van der Waals surface area contributed by atoms with Crippen LogP contribution in [0.2, 0.25) is 5.02 Å². The monoisotopic (exact) mass is 462 g/mol. The lowest BCUT2D eigenvalue weighted by atomic mass is 10.0. The molecule has 0 spiro atoms. The number of nitrogens with zero attached hydrogens (tertiary/aromatic N) is 4. The van der Waals surface area contributed by atoms with Gasteiger partial charge in [0.15, 0.2) is 11.5 Å². The summed E-state index contributed by atoms with van der Waals surface area (Å²) in [5.74, 6) is -0.0717. The van der Waals surface area contributed by atoms with Gasteiger partial charge in [0.1, 0.15) is 17.7 Å². The quantitative estimate of drug-likeness (QED) is 0.381. The van der Waals surface area contributed by atoms with Crippen LogP contribution in [0.25, 0.3) is 27.6 Å². The van der Waals surface area contributed by atoms with Crippen LogP contribution in [0.15, 0.2) is 53.8 Å². The number of anilines is 1. The number of halogens is 2. The summed E-state index contributed by atoms with van der Waals surface area (Å²) in [4.78, 5) is 29.4. The molecule has 33 heavy (non-hydrogen) atoms. The maximum atomic E-state index is 14.3. The first-order valence-electron chi connectivity index (χ1n) is 10.4. The second kappa shape index (κ2) is 7.97. The van der Waals surface area contributed by atoms with Crippen molar-refractivity contribution in [3.8, 4) is 5.69 Å². The van der Waals surface area contributed by atoms with E-state index in [4.69, 9.17) is 11.6 Å². The van der Waals surface area contributed by atoms with Gasteiger partial charge in [-0.25, -0.2) is 19.3 Å². The Bertz CT molecular complexity index is 1590. The lowest BCUT2D eigenvalue weighted by Crippen LogP contribution is -2.26. The molecule has 1 atom stereocenters. The topological polar surface area (TPSA) is 88.5 Å². The summed E-state index contributed by atoms with van der Waals surface area (Å²) >= 11 is 6.24. The Balaban J connectivity index is 1.77. The predicted octanol–water partition coefficient (Wildman–Crippen LogP) is 5.24. The average molecular weight is 463 g/mol. The van der Waals surface area contributed by atoms with Gasteiger partial charge < -0.3 is 10.3 Å². The van der Waals surface area contributed by atoms with Crippen LogP contribution < -0.4 is 10.9 Å². The standard InChI is InChI=1S/C24H20ClFN6O/c1-12-5-4-6-17(13(12)2)32-18(9-15-7-8-16(26)20(25)19(15)24(32)33)14(3)31-23-21-22(28-10-27-21)29-11-30-23/h4-11,14H,1-3H3,(H2,27,28,29,30,31). The van der Waals surface area contributed by atoms with Gasteiger partial charge in [-0.15, -0.1) is 0 Å². The number of hydrogen-bond donors (Lipinski definition) is 2. The first-order chi connectivity index (χ1) is 15.9. The number of aromatic nitrogens is 5. The summed E-state index contributed by atoms with van der Waals surface area (Å²) in [6.07, 6.45) is 2.98. The van der Waals surface area contributed by atoms with Gasteiger partial charge in [-0.05, 0) is 55.5 Å². The number of benzene rings is 2. The van der Waals surface area contributed by atoms with Crippen molar-refractivity contribution in [1.82, 2.24) is 24.5 Å². The zero-order valence-electron chi connectivity index (χ0n) is 18.1. The van der Waals surface area contributed by atoms with Crippen molar-refractivity contribution in [2.75, 3.05) is 5.32 Å². The van der Waals surface area contributed by atoms with Crippen molar-refractivity contribution in [2.24, 2.45) is 0 Å². The summed E-state index contributed by atoms with van der Waals surface area (Å²) in [5, 5.41) is 3.88. The lowest BCUT2D eigenvalue weighted by molar-refractivity contribution is 0.629. The maximum absolute atomic E-state index is 14.3. The number of hydrogen-bond acceptors (Lipinski definition) is 5. The normalized spacial score (nSPS) is 12.4. The van der Waals surface area contributed by atoms with Crippen molar-refractivity contribution < 1.29 is 4.39 Å². The molecule has 0 bridgehead atoms. The third kappa shape index (κ3) is 3.43. The van der Waals surface area contributed by atoms with Crippen LogP contribution in [-0.2, 0) is 0 Å². The van der Waals surface area contributed by atoms with Gasteiger partial charge in [0.25, 0.3) is 5.56 Å². The van der Waals surface area contributed by atoms with Crippen LogP contribution in [0.5, 0.6) is 0 Å². The average Bonchev–Trinajstić information content (AvgIpc) is 3.28. The van der Waals surface area contributed by atoms with E-state index in [1.165, 1.54) is 12.4 Å². The van der Waals surface area contributed by atoms with Gasteiger partial charge in [0.05, 0.1) is 28.5 Å². The second-order valence-electron chi connectivity index (χ2n) is 7.94. The molecular weight excluding hydrogens is 443 g/mol. The Labute approximate surface area is 193 Å². The van der Waals surface area contributed by atoms with E-state index < -0.39 is 5.82 Å². The molecule has 0 amide bonds. The summed E-state index contributed by atoms with van der Waals surface area (Å²) in [7, 11) is 0. The second-order valence-corrected chi connectivity index (χ2v) is 8.32. The highest BCUT2D eigenvalue weighted by Gasteiger charge is 2.21. The molecule has 5 aromatic rings. The number of fused-ring (bicyclic) bond motifs is 2. The third-order valence-electron chi connectivity index (χ3n) is 5.94. The largest absolute Gasteiger partial charge is 0.360 e. The van der Waals surface area contributed by atoms with Gasteiger partial charge in [-0.1, -0.05) is 29.8 Å². The zero-order valence-corrected chi connectivity index (χ0v) is 18.9. The molecule has 166 valence electrons. The van der Waals surface area contributed by atoms with Crippen LogP contribution in [0, 0.1) is 19.7 Å². The molecule has 5 rings (SSSR count). The number of pyridine rings is 1. The molecule has 0 aliphatic rings. The molecule has 3 heterocycles. The molecule has 0 saturated carbocycles. The molecule has 2 N–H and O–H groups in total. The van der Waals surface area contributed by atoms with Crippen molar-refractivity contribution in [1.29, 1.82) is 0 Å². The van der Waals surface area contributed by atoms with E-state index in [-0.39, 0.29) is 22.0 Å². The number of aryl methyl sites for hydroxylation is 1. The maximum Gasteiger partial charge on any atom is 0.264 e. The fraction of sp³-hybridized carbons (Fsp3) is 0.167. The summed E-state index contributed by atoms with van der Waals surface area (Å²) in [6, 6.07) is 10.1. The highest BCUT2D eigenvalue weighted by Crippen LogP contribution is 2.30. The number of imidazole rings is 1. The Morgan fingerprint density at radius 2 is 1.97 bits per heavy atom. The van der Waals surface area contributed by atoms with Gasteiger partial charge in [0, 0.05) is 5.69 Å². The van der Waals surface area contributed by atoms with E-state index in [2.05, 4.69) is 25.3 Å². The number of rotatable bonds is 4.